The van der Waals surface area contributed by atoms with Gasteiger partial charge in [0.25, 0.3) is 5.91 Å². The molecule has 1 unspecified atom stereocenters. The van der Waals surface area contributed by atoms with Gasteiger partial charge in [0.2, 0.25) is 5.16 Å². The molecule has 5 rings (SSSR count). The predicted octanol–water partition coefficient (Wildman–Crippen LogP) is 5.39. The summed E-state index contributed by atoms with van der Waals surface area (Å²) in [5, 5.41) is 16.5. The summed E-state index contributed by atoms with van der Waals surface area (Å²) in [7, 11) is 1.65. The smallest absolute Gasteiger partial charge is 0.253 e. The first-order valence-corrected chi connectivity index (χ1v) is 12.7. The molecule has 1 atom stereocenters. The zero-order valence-electron chi connectivity index (χ0n) is 19.8. The molecular formula is C27H27N5O2S. The lowest BCUT2D eigenvalue weighted by Gasteiger charge is -2.22. The third kappa shape index (κ3) is 5.07. The number of nitrogens with one attached hydrogen (secondary N) is 1. The van der Waals surface area contributed by atoms with Crippen LogP contribution < -0.4 is 4.74 Å². The number of fused-ring (bicyclic) bond motifs is 1. The molecule has 0 spiro atoms. The Morgan fingerprint density at radius 1 is 1.11 bits per heavy atom. The fourth-order valence-electron chi connectivity index (χ4n) is 4.25. The maximum absolute atomic E-state index is 13.4. The number of ether oxygens (including phenoxy) is 1. The van der Waals surface area contributed by atoms with Crippen LogP contribution in [0.1, 0.15) is 42.8 Å². The highest BCUT2D eigenvalue weighted by atomic mass is 32.2. The number of hydrazone groups is 1. The molecule has 8 heteroatoms. The Labute approximate surface area is 208 Å². The number of benzene rings is 3. The lowest BCUT2D eigenvalue weighted by atomic mass is 9.97. The molecule has 178 valence electrons. The van der Waals surface area contributed by atoms with Gasteiger partial charge in [0.15, 0.2) is 0 Å². The van der Waals surface area contributed by atoms with Crippen LogP contribution in [0.15, 0.2) is 77.0 Å². The van der Waals surface area contributed by atoms with Crippen molar-refractivity contribution in [1.29, 1.82) is 0 Å². The number of amides is 1. The number of H-pyrrole nitrogens is 1. The van der Waals surface area contributed by atoms with Crippen molar-refractivity contribution in [2.75, 3.05) is 12.9 Å². The standard InChI is InChI=1S/C27H27N5O2S/c1-3-6-25-28-27(30-29-25)35-17-26(33)32-24(19-11-13-22(34-2)14-12-19)16-23(31-32)21-10-9-18-7-4-5-8-20(18)15-21/h4-5,7-15,24H,3,6,16-17H2,1-2H3,(H,28,29,30). The Hall–Kier alpha value is -3.65. The minimum atomic E-state index is -0.182. The number of aryl methyl sites for hydroxylation is 1. The summed E-state index contributed by atoms with van der Waals surface area (Å²) in [4.78, 5) is 17.8. The van der Waals surface area contributed by atoms with Gasteiger partial charge in [0.05, 0.1) is 24.6 Å². The first kappa shape index (κ1) is 23.1. The number of methoxy groups -OCH3 is 1. The molecule has 1 aromatic heterocycles. The normalized spacial score (nSPS) is 15.4. The molecule has 4 aromatic rings. The Morgan fingerprint density at radius 2 is 1.91 bits per heavy atom. The van der Waals surface area contributed by atoms with Crippen LogP contribution in [0.25, 0.3) is 10.8 Å². The lowest BCUT2D eigenvalue weighted by molar-refractivity contribution is -0.130. The Morgan fingerprint density at radius 3 is 2.69 bits per heavy atom. The number of rotatable bonds is 8. The molecular weight excluding hydrogens is 458 g/mol. The molecule has 1 N–H and O–H groups in total. The van der Waals surface area contributed by atoms with E-state index >= 15 is 0 Å². The SMILES string of the molecule is CCCc1nc(SCC(=O)N2N=C(c3ccc4ccccc4c3)CC2c2ccc(OC)cc2)n[nH]1. The third-order valence-electron chi connectivity index (χ3n) is 6.07. The quantitative estimate of drug-likeness (QED) is 0.338. The van der Waals surface area contributed by atoms with Crippen molar-refractivity contribution < 1.29 is 9.53 Å². The largest absolute Gasteiger partial charge is 0.497 e. The molecule has 0 saturated carbocycles. The second-order valence-electron chi connectivity index (χ2n) is 8.44. The number of aromatic amines is 1. The van der Waals surface area contributed by atoms with Gasteiger partial charge in [-0.3, -0.25) is 9.89 Å². The van der Waals surface area contributed by atoms with Crippen LogP contribution in [0.5, 0.6) is 5.75 Å². The number of nitrogens with zero attached hydrogens (tertiary/aromatic N) is 4. The molecule has 0 saturated heterocycles. The van der Waals surface area contributed by atoms with E-state index in [0.717, 1.165) is 46.6 Å². The number of aromatic nitrogens is 3. The van der Waals surface area contributed by atoms with E-state index in [-0.39, 0.29) is 17.7 Å². The van der Waals surface area contributed by atoms with E-state index in [1.54, 1.807) is 12.1 Å². The number of hydrogen-bond acceptors (Lipinski definition) is 6. The van der Waals surface area contributed by atoms with Crippen LogP contribution in [-0.4, -0.2) is 44.7 Å². The lowest BCUT2D eigenvalue weighted by Crippen LogP contribution is -2.28. The van der Waals surface area contributed by atoms with E-state index in [1.807, 2.05) is 36.4 Å². The van der Waals surface area contributed by atoms with Crippen molar-refractivity contribution in [2.24, 2.45) is 5.10 Å². The second-order valence-corrected chi connectivity index (χ2v) is 9.39. The van der Waals surface area contributed by atoms with Gasteiger partial charge in [0.1, 0.15) is 11.6 Å². The zero-order chi connectivity index (χ0) is 24.2. The van der Waals surface area contributed by atoms with Gasteiger partial charge < -0.3 is 4.74 Å². The number of carbonyl (C=O) groups excluding carboxylic acids is 1. The number of hydrogen-bond donors (Lipinski definition) is 1. The highest BCUT2D eigenvalue weighted by Crippen LogP contribution is 2.35. The molecule has 2 heterocycles. The minimum Gasteiger partial charge on any atom is -0.497 e. The molecule has 0 fully saturated rings. The Balaban J connectivity index is 1.40. The van der Waals surface area contributed by atoms with Crippen molar-refractivity contribution in [3.8, 4) is 5.75 Å². The average molecular weight is 486 g/mol. The average Bonchev–Trinajstić information content (AvgIpc) is 3.55. The molecule has 35 heavy (non-hydrogen) atoms. The summed E-state index contributed by atoms with van der Waals surface area (Å²) in [6.07, 6.45) is 2.47. The van der Waals surface area contributed by atoms with Crippen molar-refractivity contribution >= 4 is 34.2 Å². The summed E-state index contributed by atoms with van der Waals surface area (Å²) >= 11 is 1.33. The van der Waals surface area contributed by atoms with Crippen molar-refractivity contribution in [3.05, 3.63) is 83.7 Å². The van der Waals surface area contributed by atoms with Crippen molar-refractivity contribution in [3.63, 3.8) is 0 Å². The van der Waals surface area contributed by atoms with Gasteiger partial charge in [-0.15, -0.1) is 5.10 Å². The molecule has 0 radical (unpaired) electrons. The van der Waals surface area contributed by atoms with Crippen molar-refractivity contribution in [1.82, 2.24) is 20.2 Å². The predicted molar refractivity (Wildman–Crippen MR) is 139 cm³/mol. The summed E-state index contributed by atoms with van der Waals surface area (Å²) in [6.45, 7) is 2.09. The first-order chi connectivity index (χ1) is 17.1. The monoisotopic (exact) mass is 485 g/mol. The minimum absolute atomic E-state index is 0.0755. The maximum atomic E-state index is 13.4. The van der Waals surface area contributed by atoms with Crippen LogP contribution >= 0.6 is 11.8 Å². The van der Waals surface area contributed by atoms with Crippen LogP contribution in [-0.2, 0) is 11.2 Å². The second kappa shape index (κ2) is 10.3. The summed E-state index contributed by atoms with van der Waals surface area (Å²) in [6, 6.07) is 22.2. The molecule has 3 aromatic carbocycles. The van der Waals surface area contributed by atoms with Gasteiger partial charge in [-0.2, -0.15) is 5.10 Å². The highest BCUT2D eigenvalue weighted by Gasteiger charge is 2.33. The van der Waals surface area contributed by atoms with Gasteiger partial charge in [-0.05, 0) is 46.5 Å². The van der Waals surface area contributed by atoms with Crippen LogP contribution in [0, 0.1) is 0 Å². The maximum Gasteiger partial charge on any atom is 0.253 e. The van der Waals surface area contributed by atoms with E-state index in [2.05, 4.69) is 52.4 Å². The fourth-order valence-corrected chi connectivity index (χ4v) is 4.92. The van der Waals surface area contributed by atoms with Gasteiger partial charge in [0, 0.05) is 12.8 Å². The molecule has 7 nitrogen and oxygen atoms in total. The van der Waals surface area contributed by atoms with Gasteiger partial charge in [-0.1, -0.05) is 67.2 Å². The molecule has 1 aliphatic rings. The number of carbonyl (C=O) groups is 1. The van der Waals surface area contributed by atoms with E-state index in [1.165, 1.54) is 17.1 Å². The van der Waals surface area contributed by atoms with Crippen LogP contribution in [0.2, 0.25) is 0 Å². The van der Waals surface area contributed by atoms with Crippen LogP contribution in [0.3, 0.4) is 0 Å². The summed E-state index contributed by atoms with van der Waals surface area (Å²) in [5.74, 6) is 1.76. The topological polar surface area (TPSA) is 83.5 Å². The summed E-state index contributed by atoms with van der Waals surface area (Å²) < 4.78 is 5.31. The van der Waals surface area contributed by atoms with E-state index in [0.29, 0.717) is 11.6 Å². The van der Waals surface area contributed by atoms with Crippen molar-refractivity contribution in [2.45, 2.75) is 37.4 Å². The number of thioether (sulfide) groups is 1. The zero-order valence-corrected chi connectivity index (χ0v) is 20.6. The van der Waals surface area contributed by atoms with E-state index in [9.17, 15) is 4.79 Å². The van der Waals surface area contributed by atoms with E-state index < -0.39 is 0 Å². The summed E-state index contributed by atoms with van der Waals surface area (Å²) in [5.41, 5.74) is 2.95. The first-order valence-electron chi connectivity index (χ1n) is 11.7. The van der Waals surface area contributed by atoms with E-state index in [4.69, 9.17) is 9.84 Å². The molecule has 1 amide bonds. The van der Waals surface area contributed by atoms with Gasteiger partial charge in [-0.25, -0.2) is 9.99 Å². The Bertz CT molecular complexity index is 1370. The van der Waals surface area contributed by atoms with Gasteiger partial charge >= 0.3 is 0 Å². The molecule has 1 aliphatic heterocycles. The fraction of sp³-hybridized carbons (Fsp3) is 0.259. The molecule has 0 bridgehead atoms. The highest BCUT2D eigenvalue weighted by molar-refractivity contribution is 7.99. The third-order valence-corrected chi connectivity index (χ3v) is 6.90. The molecule has 0 aliphatic carbocycles. The van der Waals surface area contributed by atoms with Crippen LogP contribution in [0.4, 0.5) is 0 Å². The Kier molecular flexibility index (Phi) is 6.81.